The van der Waals surface area contributed by atoms with Crippen LogP contribution in [-0.2, 0) is 5.41 Å². The Labute approximate surface area is 456 Å². The molecule has 0 bridgehead atoms. The van der Waals surface area contributed by atoms with Crippen LogP contribution in [0.3, 0.4) is 0 Å². The Morgan fingerprint density at radius 1 is 0.291 bits per heavy atom. The van der Waals surface area contributed by atoms with Crippen LogP contribution in [0.1, 0.15) is 33.4 Å². The van der Waals surface area contributed by atoms with E-state index in [2.05, 4.69) is 278 Å². The summed E-state index contributed by atoms with van der Waals surface area (Å²) in [6.45, 7) is 4.43. The standard InChI is InChI=1S/C75H48N2O2/c1-45-21-3-15-35-63(45)76(65-37-19-31-57-52-27-11-17-39-68(52)78-73(57)65)47-41-42-56-59(43-47)48-23-5-7-29-54(48)71-70-55-30-8-6-26-51(55)67(44-62(70)75(72(56)71)60-33-13-9-24-49(60)50-25-10-14-34-61(50)75)77(64-36-16-4-22-46(64)2)66-38-20-32-58-53-28-12-18-40-69(53)79-74(58)66/h3-44H,1-2H3. The molecule has 1 spiro atoms. The third kappa shape index (κ3) is 5.92. The predicted octanol–water partition coefficient (Wildman–Crippen LogP) is 20.8. The van der Waals surface area contributed by atoms with E-state index in [9.17, 15) is 0 Å². The van der Waals surface area contributed by atoms with Crippen LogP contribution in [0.5, 0.6) is 0 Å². The molecule has 0 fully saturated rings. The topological polar surface area (TPSA) is 32.8 Å². The molecule has 0 N–H and O–H groups in total. The zero-order valence-electron chi connectivity index (χ0n) is 43.5. The first-order valence-electron chi connectivity index (χ1n) is 27.3. The lowest BCUT2D eigenvalue weighted by atomic mass is 9.69. The fourth-order valence-electron chi connectivity index (χ4n) is 14.2. The summed E-state index contributed by atoms with van der Waals surface area (Å²) >= 11 is 0. The number of anilines is 6. The number of rotatable bonds is 6. The van der Waals surface area contributed by atoms with Gasteiger partial charge in [-0.1, -0.05) is 200 Å². The minimum Gasteiger partial charge on any atom is -0.454 e. The molecule has 0 aliphatic heterocycles. The van der Waals surface area contributed by atoms with Crippen molar-refractivity contribution in [2.45, 2.75) is 19.3 Å². The molecule has 4 heteroatoms. The number of para-hydroxylation sites is 6. The van der Waals surface area contributed by atoms with Crippen LogP contribution in [0.15, 0.2) is 264 Å². The Hall–Kier alpha value is -10.2. The number of hydrogen-bond acceptors (Lipinski definition) is 4. The van der Waals surface area contributed by atoms with Gasteiger partial charge in [0, 0.05) is 44.0 Å². The highest BCUT2D eigenvalue weighted by atomic mass is 16.3. The lowest BCUT2D eigenvalue weighted by Gasteiger charge is -2.34. The number of fused-ring (bicyclic) bond motifs is 23. The molecule has 17 rings (SSSR count). The molecule has 2 aromatic heterocycles. The quantitative estimate of drug-likeness (QED) is 0.155. The first-order chi connectivity index (χ1) is 39.1. The zero-order valence-corrected chi connectivity index (χ0v) is 43.5. The van der Waals surface area contributed by atoms with Crippen LogP contribution >= 0.6 is 0 Å². The van der Waals surface area contributed by atoms with Crippen molar-refractivity contribution < 1.29 is 8.83 Å². The van der Waals surface area contributed by atoms with Gasteiger partial charge in [0.15, 0.2) is 11.2 Å². The Kier molecular flexibility index (Phi) is 9.15. The maximum atomic E-state index is 6.96. The molecule has 0 unspecified atom stereocenters. The van der Waals surface area contributed by atoms with Crippen LogP contribution < -0.4 is 9.80 Å². The maximum absolute atomic E-state index is 6.96. The fraction of sp³-hybridized carbons (Fsp3) is 0.0400. The predicted molar refractivity (Wildman–Crippen MR) is 329 cm³/mol. The maximum Gasteiger partial charge on any atom is 0.159 e. The summed E-state index contributed by atoms with van der Waals surface area (Å²) in [6, 6.07) is 93.9. The first-order valence-corrected chi connectivity index (χ1v) is 27.3. The number of benzene rings is 13. The summed E-state index contributed by atoms with van der Waals surface area (Å²) in [4.78, 5) is 4.89. The lowest BCUT2D eigenvalue weighted by molar-refractivity contribution is 0.668. The van der Waals surface area contributed by atoms with Gasteiger partial charge < -0.3 is 18.6 Å². The highest BCUT2D eigenvalue weighted by Crippen LogP contribution is 2.68. The van der Waals surface area contributed by atoms with Gasteiger partial charge in [-0.3, -0.25) is 0 Å². The molecule has 4 nitrogen and oxygen atoms in total. The Balaban J connectivity index is 1.01. The number of nitrogens with zero attached hydrogens (tertiary/aromatic N) is 2. The molecule has 15 aromatic rings. The monoisotopic (exact) mass is 1010 g/mol. The average Bonchev–Trinajstić information content (AvgIpc) is 2.99. The molecular weight excluding hydrogens is 961 g/mol. The molecule has 2 heterocycles. The summed E-state index contributed by atoms with van der Waals surface area (Å²) in [5, 5.41) is 11.6. The van der Waals surface area contributed by atoms with Gasteiger partial charge in [-0.15, -0.1) is 0 Å². The number of aryl methyl sites for hydroxylation is 2. The summed E-state index contributed by atoms with van der Waals surface area (Å²) in [6.07, 6.45) is 0. The van der Waals surface area contributed by atoms with E-state index in [1.165, 1.54) is 82.6 Å². The van der Waals surface area contributed by atoms with Crippen molar-refractivity contribution in [3.05, 3.63) is 288 Å². The average molecular weight is 1010 g/mol. The molecule has 370 valence electrons. The molecule has 0 atom stereocenters. The van der Waals surface area contributed by atoms with E-state index in [1.807, 2.05) is 0 Å². The van der Waals surface area contributed by atoms with Crippen molar-refractivity contribution in [2.75, 3.05) is 9.80 Å². The largest absolute Gasteiger partial charge is 0.454 e. The van der Waals surface area contributed by atoms with Gasteiger partial charge in [0.2, 0.25) is 0 Å². The van der Waals surface area contributed by atoms with E-state index in [1.54, 1.807) is 0 Å². The van der Waals surface area contributed by atoms with Crippen molar-refractivity contribution in [3.8, 4) is 22.3 Å². The molecule has 0 radical (unpaired) electrons. The Morgan fingerprint density at radius 3 is 1.35 bits per heavy atom. The van der Waals surface area contributed by atoms with Gasteiger partial charge in [0.1, 0.15) is 11.2 Å². The summed E-state index contributed by atoms with van der Waals surface area (Å²) < 4.78 is 13.8. The van der Waals surface area contributed by atoms with Gasteiger partial charge >= 0.3 is 0 Å². The van der Waals surface area contributed by atoms with E-state index in [-0.39, 0.29) is 0 Å². The fourth-order valence-corrected chi connectivity index (χ4v) is 14.2. The molecular formula is C75H48N2O2. The molecule has 0 saturated heterocycles. The van der Waals surface area contributed by atoms with Gasteiger partial charge in [-0.05, 0) is 151 Å². The second-order valence-corrected chi connectivity index (χ2v) is 21.5. The smallest absolute Gasteiger partial charge is 0.159 e. The third-order valence-electron chi connectivity index (χ3n) is 17.5. The highest BCUT2D eigenvalue weighted by molar-refractivity contribution is 6.25. The summed E-state index contributed by atoms with van der Waals surface area (Å²) in [5.74, 6) is 0. The van der Waals surface area contributed by atoms with Crippen molar-refractivity contribution >= 4 is 110 Å². The van der Waals surface area contributed by atoms with Crippen LogP contribution in [0, 0.1) is 13.8 Å². The summed E-state index contributed by atoms with van der Waals surface area (Å²) in [7, 11) is 0. The van der Waals surface area contributed by atoms with Crippen molar-refractivity contribution in [1.29, 1.82) is 0 Å². The molecule has 13 aromatic carbocycles. The normalized spacial score (nSPS) is 13.0. The van der Waals surface area contributed by atoms with Gasteiger partial charge in [0.05, 0.1) is 22.5 Å². The Morgan fingerprint density at radius 2 is 0.747 bits per heavy atom. The SMILES string of the molecule is Cc1ccccc1N(c1ccc2c3c(c4ccccc4c2c1)-c1c(cc(N(c2ccccc2C)c2cccc4c2oc2ccccc24)c2ccccc12)C31c2ccccc2-c2ccccc21)c1cccc2c1oc1ccccc12. The van der Waals surface area contributed by atoms with E-state index in [0.717, 1.165) is 83.4 Å². The van der Waals surface area contributed by atoms with Crippen LogP contribution in [0.4, 0.5) is 34.1 Å². The summed E-state index contributed by atoms with van der Waals surface area (Å²) in [5.41, 5.74) is 21.6. The lowest BCUT2D eigenvalue weighted by Crippen LogP contribution is -2.26. The van der Waals surface area contributed by atoms with Gasteiger partial charge in [0.25, 0.3) is 0 Å². The highest BCUT2D eigenvalue weighted by Gasteiger charge is 2.54. The van der Waals surface area contributed by atoms with E-state index >= 15 is 0 Å². The van der Waals surface area contributed by atoms with E-state index in [0.29, 0.717) is 0 Å². The second-order valence-electron chi connectivity index (χ2n) is 21.5. The van der Waals surface area contributed by atoms with Gasteiger partial charge in [-0.25, -0.2) is 0 Å². The van der Waals surface area contributed by atoms with Crippen molar-refractivity contribution in [1.82, 2.24) is 0 Å². The second kappa shape index (κ2) is 16.4. The van der Waals surface area contributed by atoms with Crippen LogP contribution in [0.25, 0.3) is 98.4 Å². The molecule has 2 aliphatic carbocycles. The number of furan rings is 2. The molecule has 0 amide bonds. The van der Waals surface area contributed by atoms with E-state index < -0.39 is 5.41 Å². The van der Waals surface area contributed by atoms with Crippen LogP contribution in [-0.4, -0.2) is 0 Å². The number of hydrogen-bond donors (Lipinski definition) is 0. The zero-order chi connectivity index (χ0) is 52.1. The van der Waals surface area contributed by atoms with Crippen LogP contribution in [0.2, 0.25) is 0 Å². The Bertz CT molecular complexity index is 5050. The first kappa shape index (κ1) is 44.0. The third-order valence-corrected chi connectivity index (χ3v) is 17.5. The molecule has 0 saturated carbocycles. The minimum atomic E-state index is -0.723. The minimum absolute atomic E-state index is 0.723. The molecule has 79 heavy (non-hydrogen) atoms. The van der Waals surface area contributed by atoms with Crippen molar-refractivity contribution in [3.63, 3.8) is 0 Å². The van der Waals surface area contributed by atoms with Gasteiger partial charge in [-0.2, -0.15) is 0 Å². The van der Waals surface area contributed by atoms with E-state index in [4.69, 9.17) is 8.83 Å². The molecule has 2 aliphatic rings. The van der Waals surface area contributed by atoms with Crippen molar-refractivity contribution in [2.24, 2.45) is 0 Å².